The normalized spacial score (nSPS) is 10.3. The van der Waals surface area contributed by atoms with Gasteiger partial charge in [0.25, 0.3) is 0 Å². The largest absolute Gasteiger partial charge is 0.508 e. The van der Waals surface area contributed by atoms with Gasteiger partial charge in [-0.1, -0.05) is 0 Å². The molecule has 0 aliphatic rings. The van der Waals surface area contributed by atoms with Crippen LogP contribution in [-0.2, 0) is 51.3 Å². The zero-order valence-electron chi connectivity index (χ0n) is 14.2. The van der Waals surface area contributed by atoms with Crippen LogP contribution in [-0.4, -0.2) is 34.5 Å². The van der Waals surface area contributed by atoms with Crippen molar-refractivity contribution in [1.29, 1.82) is 0 Å². The minimum absolute atomic E-state index is 0. The van der Waals surface area contributed by atoms with Crippen molar-refractivity contribution in [1.82, 2.24) is 0 Å². The molecule has 0 saturated heterocycles. The smallest absolute Gasteiger partial charge is 0.416 e. The fraction of sp³-hybridized carbons (Fsp3) is 0.200. The van der Waals surface area contributed by atoms with Crippen LogP contribution in [0, 0.1) is 0 Å². The van der Waals surface area contributed by atoms with Gasteiger partial charge in [0.15, 0.2) is 0 Å². The van der Waals surface area contributed by atoms with E-state index in [2.05, 4.69) is 7.85 Å². The Kier molecular flexibility index (Phi) is 15.7. The molecule has 0 bridgehead atoms. The Hall–Kier alpha value is -1.15. The van der Waals surface area contributed by atoms with Gasteiger partial charge in [-0.25, -0.2) is 0 Å². The van der Waals surface area contributed by atoms with Crippen LogP contribution in [0.3, 0.4) is 0 Å². The van der Waals surface area contributed by atoms with Gasteiger partial charge in [-0.3, -0.25) is 0 Å². The fourth-order valence-electron chi connectivity index (χ4n) is 1.30. The Bertz CT molecular complexity index is 591. The van der Waals surface area contributed by atoms with E-state index in [1.165, 1.54) is 0 Å². The molecule has 4 nitrogen and oxygen atoms in total. The number of aromatic hydroxyl groups is 2. The predicted octanol–water partition coefficient (Wildman–Crippen LogP) is 3.24. The van der Waals surface area contributed by atoms with E-state index in [9.17, 15) is 26.3 Å². The molecule has 146 valence electrons. The van der Waals surface area contributed by atoms with Gasteiger partial charge in [0.1, 0.15) is 25.5 Å². The Morgan fingerprint density at radius 2 is 0.786 bits per heavy atom. The van der Waals surface area contributed by atoms with Crippen LogP contribution in [0.4, 0.5) is 26.3 Å². The Labute approximate surface area is 183 Å². The van der Waals surface area contributed by atoms with Crippen LogP contribution in [0.15, 0.2) is 48.5 Å². The first-order chi connectivity index (χ1) is 11.7. The molecular weight excluding hydrogens is 500 g/mol. The van der Waals surface area contributed by atoms with Crippen molar-refractivity contribution < 1.29 is 85.7 Å². The quantitative estimate of drug-likeness (QED) is 0.248. The van der Waals surface area contributed by atoms with Gasteiger partial charge in [-0.15, -0.1) is 0 Å². The number of hydrogen-bond acceptors (Lipinski definition) is 4. The number of hydrogen-bond donors (Lipinski definition) is 4. The van der Waals surface area contributed by atoms with Crippen molar-refractivity contribution >= 4 is 7.85 Å². The number of aliphatic hydroxyl groups is 2. The van der Waals surface area contributed by atoms with Crippen molar-refractivity contribution in [3.63, 3.8) is 0 Å². The van der Waals surface area contributed by atoms with Crippen LogP contribution < -0.4 is 0 Å². The summed E-state index contributed by atoms with van der Waals surface area (Å²) >= 11 is 0. The summed E-state index contributed by atoms with van der Waals surface area (Å²) in [5.41, 5.74) is -1.51. The van der Waals surface area contributed by atoms with E-state index in [-0.39, 0.29) is 50.5 Å². The molecule has 2 radical (unpaired) electrons. The van der Waals surface area contributed by atoms with Gasteiger partial charge in [-0.2, -0.15) is 26.3 Å². The van der Waals surface area contributed by atoms with Gasteiger partial charge >= 0.3 is 12.4 Å². The number of rotatable bonds is 0. The van der Waals surface area contributed by atoms with E-state index < -0.39 is 29.7 Å². The number of halogens is 6. The van der Waals surface area contributed by atoms with E-state index in [0.717, 1.165) is 48.5 Å². The monoisotopic (exact) mass is 510 g/mol. The third-order valence-corrected chi connectivity index (χ3v) is 2.39. The van der Waals surface area contributed by atoms with Gasteiger partial charge in [0, 0.05) is 39.0 Å². The van der Waals surface area contributed by atoms with Crippen LogP contribution in [0.2, 0.25) is 0 Å². The molecule has 0 aromatic heterocycles. The molecule has 0 aliphatic heterocycles. The third kappa shape index (κ3) is 14.9. The minimum atomic E-state index is -4.33. The van der Waals surface area contributed by atoms with E-state index >= 15 is 0 Å². The predicted molar refractivity (Wildman–Crippen MR) is 80.2 cm³/mol. The maximum absolute atomic E-state index is 11.8. The average Bonchev–Trinajstić information content (AvgIpc) is 2.46. The zero-order valence-corrected chi connectivity index (χ0v) is 20.2. The standard InChI is InChI=1S/2C7H5F3O.CH3BO2.2Zn/c2*8-7(9,10)5-1-3-6(11)4-2-5;2-1(3)4;;/h2*1-4,11H;1,3-4H;;. The number of phenols is 2. The summed E-state index contributed by atoms with van der Waals surface area (Å²) < 4.78 is 71.0. The second kappa shape index (κ2) is 13.9. The zero-order chi connectivity index (χ0) is 20.5. The first-order valence-corrected chi connectivity index (χ1v) is 6.57. The molecule has 0 heterocycles. The number of alkyl halides is 6. The molecule has 0 atom stereocenters. The Morgan fingerprint density at radius 3 is 0.929 bits per heavy atom. The molecule has 28 heavy (non-hydrogen) atoms. The van der Waals surface area contributed by atoms with Crippen molar-refractivity contribution in [3.05, 3.63) is 59.7 Å². The Balaban J connectivity index is -0.000000355. The van der Waals surface area contributed by atoms with Gasteiger partial charge in [-0.05, 0) is 48.5 Å². The Morgan fingerprint density at radius 1 is 0.607 bits per heavy atom. The van der Waals surface area contributed by atoms with E-state index in [1.807, 2.05) is 0 Å². The molecule has 0 unspecified atom stereocenters. The van der Waals surface area contributed by atoms with Crippen molar-refractivity contribution in [2.45, 2.75) is 18.5 Å². The summed E-state index contributed by atoms with van der Waals surface area (Å²) in [4.78, 5) is 0. The maximum Gasteiger partial charge on any atom is 0.416 e. The molecule has 0 aliphatic carbocycles. The van der Waals surface area contributed by atoms with E-state index in [1.54, 1.807) is 0 Å². The second-order valence-corrected chi connectivity index (χ2v) is 4.50. The number of aliphatic hydroxyl groups excluding tert-OH is 1. The number of phenolic OH excluding ortho intramolecular Hbond substituents is 2. The summed E-state index contributed by atoms with van der Waals surface area (Å²) in [6.07, 6.45) is -10.3. The molecule has 0 saturated carbocycles. The van der Waals surface area contributed by atoms with Crippen LogP contribution in [0.1, 0.15) is 11.1 Å². The van der Waals surface area contributed by atoms with E-state index in [0.29, 0.717) is 0 Å². The van der Waals surface area contributed by atoms with Crippen LogP contribution >= 0.6 is 0 Å². The summed E-state index contributed by atoms with van der Waals surface area (Å²) in [5, 5.41) is 32.1. The molecule has 0 fully saturated rings. The van der Waals surface area contributed by atoms with Gasteiger partial charge < -0.3 is 20.4 Å². The minimum Gasteiger partial charge on any atom is -0.508 e. The fourth-order valence-corrected chi connectivity index (χ4v) is 1.30. The molecular formula is C15H13BF6O4Zn2. The van der Waals surface area contributed by atoms with Gasteiger partial charge in [0.05, 0.1) is 11.1 Å². The van der Waals surface area contributed by atoms with Crippen molar-refractivity contribution in [2.24, 2.45) is 0 Å². The molecule has 2 rings (SSSR count). The summed E-state index contributed by atoms with van der Waals surface area (Å²) in [5.74, 6) is -0.337. The molecule has 0 spiro atoms. The topological polar surface area (TPSA) is 80.9 Å². The SMILES string of the molecule is Oc1ccc(C(F)(F)F)cc1.Oc1ccc(C(F)(F)F)cc1.[B]C(O)O.[Zn].[Zn]. The van der Waals surface area contributed by atoms with E-state index in [4.69, 9.17) is 20.4 Å². The molecule has 13 heteroatoms. The van der Waals surface area contributed by atoms with Crippen LogP contribution in [0.5, 0.6) is 11.5 Å². The number of benzene rings is 2. The average molecular weight is 513 g/mol. The maximum atomic E-state index is 11.8. The third-order valence-electron chi connectivity index (χ3n) is 2.39. The van der Waals surface area contributed by atoms with Crippen molar-refractivity contribution in [2.75, 3.05) is 0 Å². The molecule has 0 amide bonds. The summed E-state index contributed by atoms with van der Waals surface area (Å²) in [7, 11) is 4.22. The first kappa shape index (κ1) is 31.5. The first-order valence-electron chi connectivity index (χ1n) is 6.57. The molecule has 2 aromatic rings. The van der Waals surface area contributed by atoms with Crippen LogP contribution in [0.25, 0.3) is 0 Å². The van der Waals surface area contributed by atoms with Gasteiger partial charge in [0.2, 0.25) is 0 Å². The van der Waals surface area contributed by atoms with Crippen molar-refractivity contribution in [3.8, 4) is 11.5 Å². The summed E-state index contributed by atoms with van der Waals surface area (Å²) in [6.45, 7) is 0. The summed E-state index contributed by atoms with van der Waals surface area (Å²) in [6, 6.07) is 7.33. The molecule has 4 N–H and O–H groups in total. The molecule has 2 aromatic carbocycles. The second-order valence-electron chi connectivity index (χ2n) is 4.50.